The van der Waals surface area contributed by atoms with Crippen molar-refractivity contribution >= 4 is 5.91 Å². The zero-order valence-electron chi connectivity index (χ0n) is 11.3. The van der Waals surface area contributed by atoms with Crippen molar-refractivity contribution in [2.24, 2.45) is 0 Å². The molecule has 1 rings (SSSR count). The van der Waals surface area contributed by atoms with E-state index in [0.717, 1.165) is 0 Å². The van der Waals surface area contributed by atoms with Crippen LogP contribution in [0.15, 0.2) is 24.3 Å². The Bertz CT molecular complexity index is 448. The number of aliphatic hydroxyl groups excluding tert-OH is 1. The van der Waals surface area contributed by atoms with Crippen LogP contribution in [0.1, 0.15) is 16.8 Å². The fourth-order valence-electron chi connectivity index (χ4n) is 1.48. The summed E-state index contributed by atoms with van der Waals surface area (Å²) in [4.78, 5) is 11.7. The summed E-state index contributed by atoms with van der Waals surface area (Å²) in [6.45, 7) is -0.407. The van der Waals surface area contributed by atoms with Crippen LogP contribution in [-0.2, 0) is 4.74 Å². The molecule has 8 heteroatoms. The Labute approximate surface area is 119 Å². The molecule has 2 N–H and O–H groups in total. The van der Waals surface area contributed by atoms with Crippen LogP contribution in [0.3, 0.4) is 0 Å². The van der Waals surface area contributed by atoms with Crippen LogP contribution < -0.4 is 10.1 Å². The maximum absolute atomic E-state index is 12.0. The zero-order chi connectivity index (χ0) is 15.9. The molecule has 1 aromatic carbocycles. The van der Waals surface area contributed by atoms with Crippen molar-refractivity contribution in [3.63, 3.8) is 0 Å². The SMILES string of the molecule is COCOc1ccc(C(=O)NCC(O)CC(F)(F)F)cc1. The number of alkyl halides is 3. The fourth-order valence-corrected chi connectivity index (χ4v) is 1.48. The van der Waals surface area contributed by atoms with Crippen LogP contribution in [0.2, 0.25) is 0 Å². The first-order valence-corrected chi connectivity index (χ1v) is 6.06. The summed E-state index contributed by atoms with van der Waals surface area (Å²) in [5, 5.41) is 11.4. The molecular formula is C13H16F3NO4. The number of nitrogens with one attached hydrogen (secondary N) is 1. The second kappa shape index (κ2) is 7.84. The zero-order valence-corrected chi connectivity index (χ0v) is 11.3. The van der Waals surface area contributed by atoms with Crippen molar-refractivity contribution in [1.29, 1.82) is 0 Å². The van der Waals surface area contributed by atoms with E-state index in [0.29, 0.717) is 5.75 Å². The maximum Gasteiger partial charge on any atom is 0.391 e. The average Bonchev–Trinajstić information content (AvgIpc) is 2.41. The molecule has 0 aliphatic carbocycles. The molecule has 21 heavy (non-hydrogen) atoms. The molecular weight excluding hydrogens is 291 g/mol. The van der Waals surface area contributed by atoms with Crippen LogP contribution in [0.4, 0.5) is 13.2 Å². The molecule has 5 nitrogen and oxygen atoms in total. The number of hydrogen-bond donors (Lipinski definition) is 2. The van der Waals surface area contributed by atoms with Crippen molar-refractivity contribution in [1.82, 2.24) is 5.32 Å². The third kappa shape index (κ3) is 6.96. The van der Waals surface area contributed by atoms with Gasteiger partial charge in [-0.2, -0.15) is 13.2 Å². The number of ether oxygens (including phenoxy) is 2. The van der Waals surface area contributed by atoms with Crippen molar-refractivity contribution in [2.75, 3.05) is 20.4 Å². The van der Waals surface area contributed by atoms with Crippen molar-refractivity contribution in [3.05, 3.63) is 29.8 Å². The molecule has 0 saturated carbocycles. The third-order valence-corrected chi connectivity index (χ3v) is 2.43. The minimum absolute atomic E-state index is 0.0647. The van der Waals surface area contributed by atoms with Gasteiger partial charge in [-0.1, -0.05) is 0 Å². The first-order chi connectivity index (χ1) is 9.81. The van der Waals surface area contributed by atoms with Gasteiger partial charge in [-0.15, -0.1) is 0 Å². The molecule has 0 aromatic heterocycles. The molecule has 118 valence electrons. The molecule has 0 aliphatic rings. The van der Waals surface area contributed by atoms with Gasteiger partial charge in [0.15, 0.2) is 6.79 Å². The molecule has 1 amide bonds. The lowest BCUT2D eigenvalue weighted by Crippen LogP contribution is -2.34. The Morgan fingerprint density at radius 1 is 1.33 bits per heavy atom. The van der Waals surface area contributed by atoms with Crippen molar-refractivity contribution in [3.8, 4) is 5.75 Å². The first kappa shape index (κ1) is 17.3. The Balaban J connectivity index is 2.45. The summed E-state index contributed by atoms with van der Waals surface area (Å²) in [5.74, 6) is -0.0833. The first-order valence-electron chi connectivity index (χ1n) is 6.06. The van der Waals surface area contributed by atoms with Gasteiger partial charge < -0.3 is 19.9 Å². The van der Waals surface area contributed by atoms with Gasteiger partial charge in [-0.25, -0.2) is 0 Å². The number of hydrogen-bond acceptors (Lipinski definition) is 4. The molecule has 1 aromatic rings. The van der Waals surface area contributed by atoms with E-state index in [-0.39, 0.29) is 12.4 Å². The lowest BCUT2D eigenvalue weighted by Gasteiger charge is -2.14. The number of benzene rings is 1. The minimum atomic E-state index is -4.47. The number of rotatable bonds is 7. The lowest BCUT2D eigenvalue weighted by atomic mass is 10.2. The number of carbonyl (C=O) groups is 1. The van der Waals surface area contributed by atoms with Gasteiger partial charge in [-0.05, 0) is 24.3 Å². The fraction of sp³-hybridized carbons (Fsp3) is 0.462. The monoisotopic (exact) mass is 307 g/mol. The number of halogens is 3. The van der Waals surface area contributed by atoms with E-state index in [1.54, 1.807) is 0 Å². The predicted octanol–water partition coefficient (Wildman–Crippen LogP) is 1.71. The Morgan fingerprint density at radius 3 is 2.48 bits per heavy atom. The van der Waals surface area contributed by atoms with Crippen molar-refractivity contribution in [2.45, 2.75) is 18.7 Å². The summed E-state index contributed by atoms with van der Waals surface area (Å²) < 4.78 is 45.8. The van der Waals surface area contributed by atoms with E-state index < -0.39 is 31.2 Å². The molecule has 0 aliphatic heterocycles. The lowest BCUT2D eigenvalue weighted by molar-refractivity contribution is -0.152. The van der Waals surface area contributed by atoms with Gasteiger partial charge >= 0.3 is 6.18 Å². The van der Waals surface area contributed by atoms with Gasteiger partial charge in [0.25, 0.3) is 5.91 Å². The van der Waals surface area contributed by atoms with E-state index in [1.165, 1.54) is 31.4 Å². The second-order valence-electron chi connectivity index (χ2n) is 4.26. The quantitative estimate of drug-likeness (QED) is 0.753. The van der Waals surface area contributed by atoms with Crippen LogP contribution in [0.25, 0.3) is 0 Å². The number of carbonyl (C=O) groups excluding carboxylic acids is 1. The highest BCUT2D eigenvalue weighted by atomic mass is 19.4. The number of amides is 1. The minimum Gasteiger partial charge on any atom is -0.468 e. The standard InChI is InChI=1S/C13H16F3NO4/c1-20-8-21-11-4-2-9(3-5-11)12(19)17-7-10(18)6-13(14,15)16/h2-5,10,18H,6-8H2,1H3,(H,17,19). The molecule has 0 spiro atoms. The Kier molecular flexibility index (Phi) is 6.44. The molecule has 0 saturated heterocycles. The normalized spacial score (nSPS) is 12.8. The smallest absolute Gasteiger partial charge is 0.391 e. The summed E-state index contributed by atoms with van der Waals surface area (Å²) in [6.07, 6.45) is -7.50. The summed E-state index contributed by atoms with van der Waals surface area (Å²) >= 11 is 0. The molecule has 1 atom stereocenters. The molecule has 0 radical (unpaired) electrons. The van der Waals surface area contributed by atoms with Crippen LogP contribution in [0, 0.1) is 0 Å². The Hall–Kier alpha value is -1.80. The molecule has 0 fully saturated rings. The summed E-state index contributed by atoms with van der Waals surface area (Å²) in [5.41, 5.74) is 0.249. The maximum atomic E-state index is 12.0. The summed E-state index contributed by atoms with van der Waals surface area (Å²) in [7, 11) is 1.47. The average molecular weight is 307 g/mol. The van der Waals surface area contributed by atoms with E-state index in [4.69, 9.17) is 14.6 Å². The van der Waals surface area contributed by atoms with Gasteiger partial charge in [0.05, 0.1) is 12.5 Å². The predicted molar refractivity (Wildman–Crippen MR) is 68.0 cm³/mol. The van der Waals surface area contributed by atoms with Crippen LogP contribution in [-0.4, -0.2) is 43.7 Å². The largest absolute Gasteiger partial charge is 0.468 e. The van der Waals surface area contributed by atoms with Crippen LogP contribution >= 0.6 is 0 Å². The van der Waals surface area contributed by atoms with Gasteiger partial charge in [0, 0.05) is 19.2 Å². The molecule has 1 unspecified atom stereocenters. The highest BCUT2D eigenvalue weighted by Gasteiger charge is 2.31. The van der Waals surface area contributed by atoms with E-state index in [9.17, 15) is 18.0 Å². The van der Waals surface area contributed by atoms with E-state index in [1.807, 2.05) is 0 Å². The van der Waals surface area contributed by atoms with Gasteiger partial charge in [0.1, 0.15) is 5.75 Å². The second-order valence-corrected chi connectivity index (χ2v) is 4.26. The summed E-state index contributed by atoms with van der Waals surface area (Å²) in [6, 6.07) is 5.97. The topological polar surface area (TPSA) is 67.8 Å². The molecule has 0 heterocycles. The molecule has 0 bridgehead atoms. The Morgan fingerprint density at radius 2 is 1.95 bits per heavy atom. The van der Waals surface area contributed by atoms with Gasteiger partial charge in [0.2, 0.25) is 0 Å². The highest BCUT2D eigenvalue weighted by Crippen LogP contribution is 2.21. The third-order valence-electron chi connectivity index (χ3n) is 2.43. The van der Waals surface area contributed by atoms with E-state index in [2.05, 4.69) is 5.32 Å². The highest BCUT2D eigenvalue weighted by molar-refractivity contribution is 5.94. The number of methoxy groups -OCH3 is 1. The number of aliphatic hydroxyl groups is 1. The van der Waals surface area contributed by atoms with Crippen molar-refractivity contribution < 1.29 is 32.5 Å². The van der Waals surface area contributed by atoms with E-state index >= 15 is 0 Å². The van der Waals surface area contributed by atoms with Gasteiger partial charge in [-0.3, -0.25) is 4.79 Å². The van der Waals surface area contributed by atoms with Crippen LogP contribution in [0.5, 0.6) is 5.75 Å².